The van der Waals surface area contributed by atoms with Crippen LogP contribution in [0.3, 0.4) is 0 Å². The van der Waals surface area contributed by atoms with Gasteiger partial charge >= 0.3 is 6.03 Å². The number of hydrogen-bond donors (Lipinski definition) is 0. The van der Waals surface area contributed by atoms with Crippen molar-refractivity contribution >= 4 is 17.8 Å². The predicted molar refractivity (Wildman–Crippen MR) is 118 cm³/mol. The van der Waals surface area contributed by atoms with Gasteiger partial charge in [0.25, 0.3) is 0 Å². The SMILES string of the molecule is CC1(Cc2ccccc2)C(=O)N(Cc2ccccc2)C(=O)N(Cc2ccccc2)C1=O. The van der Waals surface area contributed by atoms with Crippen molar-refractivity contribution in [3.8, 4) is 0 Å². The lowest BCUT2D eigenvalue weighted by molar-refractivity contribution is -0.158. The first-order valence-corrected chi connectivity index (χ1v) is 10.3. The number of urea groups is 1. The van der Waals surface area contributed by atoms with Gasteiger partial charge in [-0.25, -0.2) is 4.79 Å². The van der Waals surface area contributed by atoms with Crippen LogP contribution in [-0.2, 0) is 29.1 Å². The second-order valence-electron chi connectivity index (χ2n) is 8.03. The topological polar surface area (TPSA) is 57.7 Å². The summed E-state index contributed by atoms with van der Waals surface area (Å²) >= 11 is 0. The maximum absolute atomic E-state index is 13.5. The van der Waals surface area contributed by atoms with Crippen LogP contribution < -0.4 is 0 Å². The van der Waals surface area contributed by atoms with Gasteiger partial charge in [-0.15, -0.1) is 0 Å². The highest BCUT2D eigenvalue weighted by Crippen LogP contribution is 2.34. The van der Waals surface area contributed by atoms with Crippen molar-refractivity contribution in [1.29, 1.82) is 0 Å². The monoisotopic (exact) mass is 412 g/mol. The maximum atomic E-state index is 13.5. The zero-order valence-electron chi connectivity index (χ0n) is 17.4. The third-order valence-corrected chi connectivity index (χ3v) is 5.66. The van der Waals surface area contributed by atoms with Crippen LogP contribution in [0.4, 0.5) is 4.79 Å². The van der Waals surface area contributed by atoms with Gasteiger partial charge in [-0.1, -0.05) is 91.0 Å². The molecule has 5 nitrogen and oxygen atoms in total. The molecule has 1 aliphatic heterocycles. The number of carbonyl (C=O) groups is 3. The fraction of sp³-hybridized carbons (Fsp3) is 0.192. The van der Waals surface area contributed by atoms with E-state index in [1.807, 2.05) is 91.0 Å². The molecule has 0 radical (unpaired) electrons. The van der Waals surface area contributed by atoms with Gasteiger partial charge in [-0.05, 0) is 30.0 Å². The summed E-state index contributed by atoms with van der Waals surface area (Å²) in [6, 6.07) is 27.6. The van der Waals surface area contributed by atoms with Crippen LogP contribution in [0.2, 0.25) is 0 Å². The summed E-state index contributed by atoms with van der Waals surface area (Å²) in [6.07, 6.45) is 0.232. The molecule has 156 valence electrons. The molecule has 1 fully saturated rings. The van der Waals surface area contributed by atoms with Crippen molar-refractivity contribution in [3.63, 3.8) is 0 Å². The number of imide groups is 2. The lowest BCUT2D eigenvalue weighted by atomic mass is 9.79. The first kappa shape index (κ1) is 20.5. The Morgan fingerprint density at radius 1 is 0.581 bits per heavy atom. The van der Waals surface area contributed by atoms with Crippen LogP contribution in [-0.4, -0.2) is 27.6 Å². The second-order valence-corrected chi connectivity index (χ2v) is 8.03. The highest BCUT2D eigenvalue weighted by atomic mass is 16.2. The van der Waals surface area contributed by atoms with Gasteiger partial charge in [-0.2, -0.15) is 0 Å². The Kier molecular flexibility index (Phi) is 5.67. The van der Waals surface area contributed by atoms with Gasteiger partial charge in [0.15, 0.2) is 0 Å². The van der Waals surface area contributed by atoms with Crippen LogP contribution in [0, 0.1) is 5.41 Å². The number of benzene rings is 3. The molecule has 3 aromatic carbocycles. The fourth-order valence-electron chi connectivity index (χ4n) is 3.97. The third kappa shape index (κ3) is 4.12. The molecule has 0 spiro atoms. The number of rotatable bonds is 6. The van der Waals surface area contributed by atoms with Crippen LogP contribution in [0.15, 0.2) is 91.0 Å². The number of carbonyl (C=O) groups excluding carboxylic acids is 3. The Morgan fingerprint density at radius 3 is 1.32 bits per heavy atom. The Balaban J connectivity index is 1.72. The predicted octanol–water partition coefficient (Wildman–Crippen LogP) is 4.43. The summed E-state index contributed by atoms with van der Waals surface area (Å²) in [5.41, 5.74) is 1.18. The van der Waals surface area contributed by atoms with Gasteiger partial charge in [0.05, 0.1) is 13.1 Å². The number of barbiturate groups is 1. The van der Waals surface area contributed by atoms with Crippen molar-refractivity contribution in [1.82, 2.24) is 9.80 Å². The van der Waals surface area contributed by atoms with E-state index in [9.17, 15) is 14.4 Å². The van der Waals surface area contributed by atoms with E-state index in [-0.39, 0.29) is 19.5 Å². The van der Waals surface area contributed by atoms with Crippen LogP contribution in [0.5, 0.6) is 0 Å². The Morgan fingerprint density at radius 2 is 0.935 bits per heavy atom. The lowest BCUT2D eigenvalue weighted by Gasteiger charge is -2.42. The average molecular weight is 412 g/mol. The molecule has 31 heavy (non-hydrogen) atoms. The largest absolute Gasteiger partial charge is 0.334 e. The minimum Gasteiger partial charge on any atom is -0.273 e. The minimum absolute atomic E-state index is 0.126. The second kappa shape index (κ2) is 8.56. The highest BCUT2D eigenvalue weighted by molar-refractivity contribution is 6.18. The summed E-state index contributed by atoms with van der Waals surface area (Å²) in [6.45, 7) is 1.90. The summed E-state index contributed by atoms with van der Waals surface area (Å²) in [4.78, 5) is 42.8. The smallest absolute Gasteiger partial charge is 0.273 e. The average Bonchev–Trinajstić information content (AvgIpc) is 2.81. The zero-order chi connectivity index (χ0) is 21.8. The molecule has 0 unspecified atom stereocenters. The molecule has 0 bridgehead atoms. The number of amides is 4. The van der Waals surface area contributed by atoms with Gasteiger partial charge in [0.1, 0.15) is 5.41 Å². The van der Waals surface area contributed by atoms with Crippen molar-refractivity contribution < 1.29 is 14.4 Å². The first-order valence-electron chi connectivity index (χ1n) is 10.3. The molecule has 1 heterocycles. The molecule has 3 aromatic rings. The fourth-order valence-corrected chi connectivity index (χ4v) is 3.97. The lowest BCUT2D eigenvalue weighted by Crippen LogP contribution is -2.64. The number of hydrogen-bond acceptors (Lipinski definition) is 3. The Hall–Kier alpha value is -3.73. The zero-order valence-corrected chi connectivity index (χ0v) is 17.4. The summed E-state index contributed by atoms with van der Waals surface area (Å²) in [5.74, 6) is -0.918. The van der Waals surface area contributed by atoms with Crippen LogP contribution in [0.1, 0.15) is 23.6 Å². The number of nitrogens with zero attached hydrogens (tertiary/aromatic N) is 2. The molecule has 0 aromatic heterocycles. The van der Waals surface area contributed by atoms with E-state index in [1.165, 1.54) is 9.80 Å². The molecule has 1 aliphatic rings. The maximum Gasteiger partial charge on any atom is 0.334 e. The summed E-state index contributed by atoms with van der Waals surface area (Å²) < 4.78 is 0. The van der Waals surface area contributed by atoms with E-state index in [2.05, 4.69) is 0 Å². The van der Waals surface area contributed by atoms with E-state index in [4.69, 9.17) is 0 Å². The molecule has 4 rings (SSSR count). The standard InChI is InChI=1S/C26H24N2O3/c1-26(17-20-11-5-2-6-12-20)23(29)27(18-21-13-7-3-8-14-21)25(31)28(24(26)30)19-22-15-9-4-10-16-22/h2-16H,17-19H2,1H3. The van der Waals surface area contributed by atoms with E-state index in [1.54, 1.807) is 6.92 Å². The van der Waals surface area contributed by atoms with Crippen molar-refractivity contribution in [2.24, 2.45) is 5.41 Å². The molecular weight excluding hydrogens is 388 g/mol. The van der Waals surface area contributed by atoms with Gasteiger partial charge in [0.2, 0.25) is 11.8 Å². The Bertz CT molecular complexity index is 1020. The van der Waals surface area contributed by atoms with Crippen molar-refractivity contribution in [3.05, 3.63) is 108 Å². The van der Waals surface area contributed by atoms with Crippen molar-refractivity contribution in [2.75, 3.05) is 0 Å². The molecule has 1 saturated heterocycles. The molecule has 0 atom stereocenters. The minimum atomic E-state index is -1.36. The van der Waals surface area contributed by atoms with E-state index >= 15 is 0 Å². The van der Waals surface area contributed by atoms with E-state index in [0.29, 0.717) is 0 Å². The van der Waals surface area contributed by atoms with Gasteiger partial charge in [0, 0.05) is 0 Å². The first-order chi connectivity index (χ1) is 15.0. The van der Waals surface area contributed by atoms with E-state index in [0.717, 1.165) is 16.7 Å². The summed E-state index contributed by atoms with van der Waals surface area (Å²) in [7, 11) is 0. The summed E-state index contributed by atoms with van der Waals surface area (Å²) in [5, 5.41) is 0. The van der Waals surface area contributed by atoms with Gasteiger partial charge in [-0.3, -0.25) is 19.4 Å². The molecule has 0 N–H and O–H groups in total. The van der Waals surface area contributed by atoms with Crippen molar-refractivity contribution in [2.45, 2.75) is 26.4 Å². The molecule has 0 aliphatic carbocycles. The quantitative estimate of drug-likeness (QED) is 0.563. The van der Waals surface area contributed by atoms with Crippen LogP contribution >= 0.6 is 0 Å². The molecule has 0 saturated carbocycles. The van der Waals surface area contributed by atoms with Crippen LogP contribution in [0.25, 0.3) is 0 Å². The third-order valence-electron chi connectivity index (χ3n) is 5.66. The normalized spacial score (nSPS) is 16.0. The van der Waals surface area contributed by atoms with Gasteiger partial charge < -0.3 is 0 Å². The molecular formula is C26H24N2O3. The molecule has 5 heteroatoms. The van der Waals surface area contributed by atoms with E-state index < -0.39 is 23.3 Å². The Labute approximate surface area is 181 Å². The molecule has 4 amide bonds. The highest BCUT2D eigenvalue weighted by Gasteiger charge is 2.54.